The standard InChI is InChI=1S/C46H83O12P/c1-3-5-7-9-11-13-15-17-19-20-21-22-23-25-27-29-31-33-35-40(47)57-39(37-55-36-34-32-30-28-26-24-18-16-14-12-10-8-6-4-2)38-56-59(53,54)58-46-44(51)42(49)41(48)43(50)45(46)52/h8,10,13-16,19-20,39,41-46,48-52H,3-7,9,11-12,17-18,21-38H2,1-2H3,(H,53,54)/b10-8-,15-13-,16-14-,20-19-. The molecule has 59 heavy (non-hydrogen) atoms. The first kappa shape index (κ1) is 55.3. The predicted octanol–water partition coefficient (Wildman–Crippen LogP) is 9.25. The quantitative estimate of drug-likeness (QED) is 0.0150. The molecule has 1 rings (SSSR count). The first-order valence-electron chi connectivity index (χ1n) is 23.0. The maximum atomic E-state index is 12.8. The summed E-state index contributed by atoms with van der Waals surface area (Å²) < 4.78 is 34.1. The number of carbonyl (C=O) groups excluding carboxylic acids is 1. The summed E-state index contributed by atoms with van der Waals surface area (Å²) in [5.74, 6) is -0.491. The van der Waals surface area contributed by atoms with Crippen molar-refractivity contribution in [1.82, 2.24) is 0 Å². The Kier molecular flexibility index (Phi) is 34.6. The summed E-state index contributed by atoms with van der Waals surface area (Å²) in [6.45, 7) is 4.14. The van der Waals surface area contributed by atoms with Crippen LogP contribution < -0.4 is 0 Å². The van der Waals surface area contributed by atoms with Gasteiger partial charge in [-0.05, 0) is 70.6 Å². The molecule has 0 radical (unpaired) electrons. The third-order valence-electron chi connectivity index (χ3n) is 10.4. The van der Waals surface area contributed by atoms with Crippen LogP contribution in [-0.4, -0.2) is 98.9 Å². The molecular formula is C46H83O12P. The Labute approximate surface area is 356 Å². The molecule has 1 aliphatic carbocycles. The van der Waals surface area contributed by atoms with Gasteiger partial charge < -0.3 is 39.9 Å². The topological polar surface area (TPSA) is 192 Å². The van der Waals surface area contributed by atoms with E-state index in [0.29, 0.717) is 13.0 Å². The number of allylic oxidation sites excluding steroid dienone is 8. The summed E-state index contributed by atoms with van der Waals surface area (Å²) in [6, 6.07) is 0. The highest BCUT2D eigenvalue weighted by Gasteiger charge is 2.51. The molecule has 0 aromatic rings. The number of hydrogen-bond donors (Lipinski definition) is 6. The van der Waals surface area contributed by atoms with Gasteiger partial charge in [0, 0.05) is 13.0 Å². The Hall–Kier alpha value is -1.70. The molecule has 6 unspecified atom stereocenters. The number of unbranched alkanes of at least 4 members (excludes halogenated alkanes) is 18. The third-order valence-corrected chi connectivity index (χ3v) is 11.4. The Morgan fingerprint density at radius 2 is 0.983 bits per heavy atom. The van der Waals surface area contributed by atoms with Gasteiger partial charge in [0.15, 0.2) is 0 Å². The molecule has 1 saturated carbocycles. The maximum absolute atomic E-state index is 12.8. The lowest BCUT2D eigenvalue weighted by atomic mass is 9.85. The van der Waals surface area contributed by atoms with Crippen LogP contribution in [0.25, 0.3) is 0 Å². The van der Waals surface area contributed by atoms with Crippen molar-refractivity contribution in [3.05, 3.63) is 48.6 Å². The number of rotatable bonds is 38. The Morgan fingerprint density at radius 3 is 1.49 bits per heavy atom. The number of ether oxygens (including phenoxy) is 2. The second-order valence-electron chi connectivity index (χ2n) is 15.9. The van der Waals surface area contributed by atoms with E-state index in [4.69, 9.17) is 18.5 Å². The highest BCUT2D eigenvalue weighted by atomic mass is 31.2. The normalized spacial score (nSPS) is 22.9. The van der Waals surface area contributed by atoms with Crippen LogP contribution in [0.15, 0.2) is 48.6 Å². The summed E-state index contributed by atoms with van der Waals surface area (Å²) in [7, 11) is -5.02. The van der Waals surface area contributed by atoms with Gasteiger partial charge in [-0.15, -0.1) is 0 Å². The monoisotopic (exact) mass is 859 g/mol. The SMILES string of the molecule is CCC/C=C\C/C=C\CCCCCCCCOCC(COP(=O)(O)OC1C(O)C(O)C(O)C(O)C1O)OC(=O)CCCCCCCCC/C=C\C/C=C\CCCCCC. The van der Waals surface area contributed by atoms with Crippen LogP contribution >= 0.6 is 7.82 Å². The van der Waals surface area contributed by atoms with Crippen LogP contribution in [0.2, 0.25) is 0 Å². The third kappa shape index (κ3) is 29.3. The summed E-state index contributed by atoms with van der Waals surface area (Å²) in [5, 5.41) is 50.2. The van der Waals surface area contributed by atoms with Crippen LogP contribution in [0, 0.1) is 0 Å². The van der Waals surface area contributed by atoms with E-state index in [9.17, 15) is 39.8 Å². The Morgan fingerprint density at radius 1 is 0.542 bits per heavy atom. The lowest BCUT2D eigenvalue weighted by Gasteiger charge is -2.41. The lowest BCUT2D eigenvalue weighted by molar-refractivity contribution is -0.220. The Balaban J connectivity index is 2.41. The molecule has 0 aromatic carbocycles. The van der Waals surface area contributed by atoms with Crippen molar-refractivity contribution in [2.24, 2.45) is 0 Å². The first-order chi connectivity index (χ1) is 28.5. The van der Waals surface area contributed by atoms with Crippen molar-refractivity contribution in [3.63, 3.8) is 0 Å². The molecule has 0 spiro atoms. The second kappa shape index (κ2) is 36.9. The molecule has 0 aliphatic heterocycles. The van der Waals surface area contributed by atoms with Gasteiger partial charge >= 0.3 is 13.8 Å². The van der Waals surface area contributed by atoms with Crippen molar-refractivity contribution in [2.75, 3.05) is 19.8 Å². The van der Waals surface area contributed by atoms with Gasteiger partial charge in [0.1, 0.15) is 42.7 Å². The highest BCUT2D eigenvalue weighted by Crippen LogP contribution is 2.47. The zero-order chi connectivity index (χ0) is 43.4. The minimum absolute atomic E-state index is 0.0883. The molecule has 6 atom stereocenters. The molecular weight excluding hydrogens is 775 g/mol. The number of hydrogen-bond acceptors (Lipinski definition) is 11. The maximum Gasteiger partial charge on any atom is 0.472 e. The summed E-state index contributed by atoms with van der Waals surface area (Å²) >= 11 is 0. The van der Waals surface area contributed by atoms with Crippen LogP contribution in [0.3, 0.4) is 0 Å². The lowest BCUT2D eigenvalue weighted by Crippen LogP contribution is -2.64. The molecule has 344 valence electrons. The average Bonchev–Trinajstić information content (AvgIpc) is 3.22. The van der Waals surface area contributed by atoms with Crippen molar-refractivity contribution in [3.8, 4) is 0 Å². The fourth-order valence-electron chi connectivity index (χ4n) is 6.72. The molecule has 0 heterocycles. The number of aliphatic hydroxyl groups excluding tert-OH is 5. The number of aliphatic hydroxyl groups is 5. The van der Waals surface area contributed by atoms with E-state index in [-0.39, 0.29) is 13.0 Å². The average molecular weight is 859 g/mol. The minimum Gasteiger partial charge on any atom is -0.457 e. The highest BCUT2D eigenvalue weighted by molar-refractivity contribution is 7.47. The van der Waals surface area contributed by atoms with Crippen molar-refractivity contribution >= 4 is 13.8 Å². The summed E-state index contributed by atoms with van der Waals surface area (Å²) in [5.41, 5.74) is 0. The molecule has 0 saturated heterocycles. The Bertz CT molecular complexity index is 1160. The van der Waals surface area contributed by atoms with Crippen LogP contribution in [0.4, 0.5) is 0 Å². The van der Waals surface area contributed by atoms with Crippen LogP contribution in [0.1, 0.15) is 174 Å². The zero-order valence-electron chi connectivity index (χ0n) is 36.5. The minimum atomic E-state index is -5.02. The number of phosphoric acid groups is 1. The number of esters is 1. The van der Waals surface area contributed by atoms with E-state index >= 15 is 0 Å². The van der Waals surface area contributed by atoms with E-state index in [1.807, 2.05) is 0 Å². The first-order valence-corrected chi connectivity index (χ1v) is 24.5. The van der Waals surface area contributed by atoms with Gasteiger partial charge in [-0.25, -0.2) is 4.57 Å². The van der Waals surface area contributed by atoms with E-state index in [2.05, 4.69) is 62.5 Å². The van der Waals surface area contributed by atoms with Gasteiger partial charge in [-0.2, -0.15) is 0 Å². The van der Waals surface area contributed by atoms with Crippen LogP contribution in [-0.2, 0) is 27.9 Å². The van der Waals surface area contributed by atoms with Crippen LogP contribution in [0.5, 0.6) is 0 Å². The van der Waals surface area contributed by atoms with E-state index in [1.165, 1.54) is 57.8 Å². The number of phosphoric ester groups is 1. The summed E-state index contributed by atoms with van der Waals surface area (Å²) in [4.78, 5) is 23.1. The van der Waals surface area contributed by atoms with E-state index < -0.39 is 63.1 Å². The largest absolute Gasteiger partial charge is 0.472 e. The van der Waals surface area contributed by atoms with Gasteiger partial charge in [0.2, 0.25) is 0 Å². The zero-order valence-corrected chi connectivity index (χ0v) is 37.4. The molecule has 0 amide bonds. The molecule has 0 aromatic heterocycles. The molecule has 0 bridgehead atoms. The van der Waals surface area contributed by atoms with Crippen molar-refractivity contribution in [2.45, 2.75) is 217 Å². The van der Waals surface area contributed by atoms with Crippen molar-refractivity contribution < 1.29 is 58.3 Å². The molecule has 13 heteroatoms. The van der Waals surface area contributed by atoms with E-state index in [0.717, 1.165) is 89.9 Å². The summed E-state index contributed by atoms with van der Waals surface area (Å²) in [6.07, 6.45) is 31.7. The smallest absolute Gasteiger partial charge is 0.457 e. The van der Waals surface area contributed by atoms with Gasteiger partial charge in [0.05, 0.1) is 13.2 Å². The fourth-order valence-corrected chi connectivity index (χ4v) is 7.69. The van der Waals surface area contributed by atoms with Gasteiger partial charge in [-0.3, -0.25) is 13.8 Å². The number of carbonyl (C=O) groups is 1. The molecule has 1 fully saturated rings. The van der Waals surface area contributed by atoms with E-state index in [1.54, 1.807) is 0 Å². The molecule has 6 N–H and O–H groups in total. The van der Waals surface area contributed by atoms with Gasteiger partial charge in [0.25, 0.3) is 0 Å². The van der Waals surface area contributed by atoms with Gasteiger partial charge in [-0.1, -0.05) is 146 Å². The molecule has 12 nitrogen and oxygen atoms in total. The van der Waals surface area contributed by atoms with Crippen molar-refractivity contribution in [1.29, 1.82) is 0 Å². The second-order valence-corrected chi connectivity index (χ2v) is 17.3. The fraction of sp³-hybridized carbons (Fsp3) is 0.804. The molecule has 1 aliphatic rings. The predicted molar refractivity (Wildman–Crippen MR) is 235 cm³/mol.